The summed E-state index contributed by atoms with van der Waals surface area (Å²) in [7, 11) is 1.72. The van der Waals surface area contributed by atoms with Crippen LogP contribution in [0.1, 0.15) is 28.7 Å². The first-order valence-corrected chi connectivity index (χ1v) is 8.39. The molecule has 0 atom stereocenters. The molecule has 1 aliphatic heterocycles. The molecule has 0 unspecified atom stereocenters. The van der Waals surface area contributed by atoms with Crippen LogP contribution in [0.5, 0.6) is 5.75 Å². The first kappa shape index (κ1) is 16.7. The molecule has 1 aliphatic rings. The van der Waals surface area contributed by atoms with Crippen molar-refractivity contribution in [2.24, 2.45) is 0 Å². The molecule has 0 amide bonds. The van der Waals surface area contributed by atoms with Gasteiger partial charge in [0.25, 0.3) is 0 Å². The topological polar surface area (TPSA) is 12.5 Å². The Labute approximate surface area is 143 Å². The van der Waals surface area contributed by atoms with Crippen molar-refractivity contribution in [2.45, 2.75) is 26.8 Å². The van der Waals surface area contributed by atoms with Crippen LogP contribution >= 0.6 is 0 Å². The summed E-state index contributed by atoms with van der Waals surface area (Å²) < 4.78 is 18.4. The predicted octanol–water partition coefficient (Wildman–Crippen LogP) is 4.74. The van der Waals surface area contributed by atoms with E-state index < -0.39 is 0 Å². The number of hydrogen-bond donors (Lipinski definition) is 0. The molecule has 0 radical (unpaired) electrons. The number of methoxy groups -OCH3 is 1. The summed E-state index contributed by atoms with van der Waals surface area (Å²) in [6.45, 7) is 7.17. The van der Waals surface area contributed by atoms with Crippen molar-refractivity contribution in [3.63, 3.8) is 0 Å². The lowest BCUT2D eigenvalue weighted by Gasteiger charge is -2.27. The summed E-state index contributed by atoms with van der Waals surface area (Å²) in [5, 5.41) is 0. The molecule has 2 aromatic carbocycles. The molecule has 0 aliphatic carbocycles. The lowest BCUT2D eigenvalue weighted by molar-refractivity contribution is 0.293. The minimum absolute atomic E-state index is 0.179. The van der Waals surface area contributed by atoms with E-state index in [9.17, 15) is 4.39 Å². The minimum Gasteiger partial charge on any atom is -0.496 e. The van der Waals surface area contributed by atoms with Crippen LogP contribution in [0.3, 0.4) is 0 Å². The molecule has 2 aromatic rings. The summed E-state index contributed by atoms with van der Waals surface area (Å²) in [6.07, 6.45) is 3.27. The van der Waals surface area contributed by atoms with Gasteiger partial charge in [-0.05, 0) is 66.3 Å². The molecule has 0 fully saturated rings. The standard InChI is InChI=1S/C21H24FNO/c1-15-16(2)21(24-3)9-6-19(15)14-23-12-10-18(11-13-23)17-4-7-20(22)8-5-17/h4-10H,11-14H2,1-3H3. The second-order valence-electron chi connectivity index (χ2n) is 6.40. The Morgan fingerprint density at radius 2 is 1.79 bits per heavy atom. The fourth-order valence-corrected chi connectivity index (χ4v) is 3.27. The molecule has 0 aromatic heterocycles. The van der Waals surface area contributed by atoms with Gasteiger partial charge in [-0.2, -0.15) is 0 Å². The highest BCUT2D eigenvalue weighted by molar-refractivity contribution is 5.66. The van der Waals surface area contributed by atoms with Gasteiger partial charge in [0, 0.05) is 19.6 Å². The molecule has 24 heavy (non-hydrogen) atoms. The van der Waals surface area contributed by atoms with Gasteiger partial charge in [0.2, 0.25) is 0 Å². The van der Waals surface area contributed by atoms with E-state index in [0.29, 0.717) is 0 Å². The summed E-state index contributed by atoms with van der Waals surface area (Å²) in [5.74, 6) is 0.774. The summed E-state index contributed by atoms with van der Waals surface area (Å²) >= 11 is 0. The largest absolute Gasteiger partial charge is 0.496 e. The lowest BCUT2D eigenvalue weighted by atomic mass is 9.98. The molecule has 1 heterocycles. The molecule has 0 saturated heterocycles. The number of halogens is 1. The smallest absolute Gasteiger partial charge is 0.123 e. The normalized spacial score (nSPS) is 15.2. The third-order valence-corrected chi connectivity index (χ3v) is 4.97. The van der Waals surface area contributed by atoms with Crippen LogP contribution in [0.25, 0.3) is 5.57 Å². The average Bonchev–Trinajstić information content (AvgIpc) is 2.61. The molecule has 0 N–H and O–H groups in total. The monoisotopic (exact) mass is 325 g/mol. The van der Waals surface area contributed by atoms with Gasteiger partial charge in [-0.25, -0.2) is 4.39 Å². The number of rotatable bonds is 4. The first-order valence-electron chi connectivity index (χ1n) is 8.39. The second kappa shape index (κ2) is 7.18. The van der Waals surface area contributed by atoms with E-state index in [1.165, 1.54) is 34.4 Å². The Balaban J connectivity index is 1.69. The van der Waals surface area contributed by atoms with Gasteiger partial charge in [0.05, 0.1) is 7.11 Å². The van der Waals surface area contributed by atoms with Crippen molar-refractivity contribution in [1.82, 2.24) is 4.90 Å². The molecular weight excluding hydrogens is 301 g/mol. The fraction of sp³-hybridized carbons (Fsp3) is 0.333. The van der Waals surface area contributed by atoms with Gasteiger partial charge in [-0.15, -0.1) is 0 Å². The molecule has 0 spiro atoms. The van der Waals surface area contributed by atoms with Crippen molar-refractivity contribution in [3.8, 4) is 5.75 Å². The maximum absolute atomic E-state index is 13.0. The highest BCUT2D eigenvalue weighted by Gasteiger charge is 2.15. The number of benzene rings is 2. The molecule has 3 rings (SSSR count). The van der Waals surface area contributed by atoms with E-state index >= 15 is 0 Å². The SMILES string of the molecule is COc1ccc(CN2CC=C(c3ccc(F)cc3)CC2)c(C)c1C. The third kappa shape index (κ3) is 3.51. The average molecular weight is 325 g/mol. The van der Waals surface area contributed by atoms with Crippen LogP contribution in [0.15, 0.2) is 42.5 Å². The third-order valence-electron chi connectivity index (χ3n) is 4.97. The van der Waals surface area contributed by atoms with E-state index in [2.05, 4.69) is 37.0 Å². The van der Waals surface area contributed by atoms with Crippen molar-refractivity contribution in [3.05, 3.63) is 70.5 Å². The zero-order valence-electron chi connectivity index (χ0n) is 14.6. The maximum atomic E-state index is 13.0. The molecule has 0 saturated carbocycles. The maximum Gasteiger partial charge on any atom is 0.123 e. The van der Waals surface area contributed by atoms with Crippen LogP contribution < -0.4 is 4.74 Å². The number of ether oxygens (including phenoxy) is 1. The zero-order valence-corrected chi connectivity index (χ0v) is 14.6. The molecule has 2 nitrogen and oxygen atoms in total. The summed E-state index contributed by atoms with van der Waals surface area (Å²) in [5.41, 5.74) is 6.32. The van der Waals surface area contributed by atoms with Crippen LogP contribution in [0.4, 0.5) is 4.39 Å². The Morgan fingerprint density at radius 3 is 2.42 bits per heavy atom. The van der Waals surface area contributed by atoms with E-state index in [4.69, 9.17) is 4.74 Å². The summed E-state index contributed by atoms with van der Waals surface area (Å²) in [6, 6.07) is 11.0. The van der Waals surface area contributed by atoms with Gasteiger partial charge in [0.1, 0.15) is 11.6 Å². The van der Waals surface area contributed by atoms with Crippen molar-refractivity contribution in [1.29, 1.82) is 0 Å². The Kier molecular flexibility index (Phi) is 5.00. The van der Waals surface area contributed by atoms with Crippen molar-refractivity contribution < 1.29 is 9.13 Å². The van der Waals surface area contributed by atoms with Gasteiger partial charge in [-0.1, -0.05) is 24.3 Å². The van der Waals surface area contributed by atoms with Crippen molar-refractivity contribution >= 4 is 5.57 Å². The highest BCUT2D eigenvalue weighted by Crippen LogP contribution is 2.27. The van der Waals surface area contributed by atoms with E-state index in [1.54, 1.807) is 7.11 Å². The molecule has 0 bridgehead atoms. The molecule has 126 valence electrons. The minimum atomic E-state index is -0.179. The van der Waals surface area contributed by atoms with Gasteiger partial charge >= 0.3 is 0 Å². The van der Waals surface area contributed by atoms with Crippen LogP contribution in [0, 0.1) is 19.7 Å². The van der Waals surface area contributed by atoms with Crippen LogP contribution in [0.2, 0.25) is 0 Å². The number of hydrogen-bond acceptors (Lipinski definition) is 2. The van der Waals surface area contributed by atoms with E-state index in [0.717, 1.165) is 37.4 Å². The van der Waals surface area contributed by atoms with Crippen molar-refractivity contribution in [2.75, 3.05) is 20.2 Å². The van der Waals surface area contributed by atoms with Crippen LogP contribution in [-0.2, 0) is 6.54 Å². The van der Waals surface area contributed by atoms with Gasteiger partial charge < -0.3 is 4.74 Å². The Morgan fingerprint density at radius 1 is 1.04 bits per heavy atom. The first-order chi connectivity index (χ1) is 11.6. The summed E-state index contributed by atoms with van der Waals surface area (Å²) in [4.78, 5) is 2.45. The Hall–Kier alpha value is -2.13. The zero-order chi connectivity index (χ0) is 17.1. The molecular formula is C21H24FNO. The van der Waals surface area contributed by atoms with E-state index in [1.807, 2.05) is 12.1 Å². The second-order valence-corrected chi connectivity index (χ2v) is 6.40. The van der Waals surface area contributed by atoms with Crippen LogP contribution in [-0.4, -0.2) is 25.1 Å². The van der Waals surface area contributed by atoms with Gasteiger partial charge in [-0.3, -0.25) is 4.90 Å². The van der Waals surface area contributed by atoms with Gasteiger partial charge in [0.15, 0.2) is 0 Å². The predicted molar refractivity (Wildman–Crippen MR) is 96.7 cm³/mol. The van der Waals surface area contributed by atoms with E-state index in [-0.39, 0.29) is 5.82 Å². The highest BCUT2D eigenvalue weighted by atomic mass is 19.1. The number of nitrogens with zero attached hydrogens (tertiary/aromatic N) is 1. The fourth-order valence-electron chi connectivity index (χ4n) is 3.27. The lowest BCUT2D eigenvalue weighted by Crippen LogP contribution is -2.28. The molecule has 3 heteroatoms. The Bertz CT molecular complexity index is 749. The quantitative estimate of drug-likeness (QED) is 0.805.